The number of hydrogen-bond donors (Lipinski definition) is 5. The Kier molecular flexibility index (Phi) is 11.1. The molecule has 1 aliphatic heterocycles. The molecule has 3 atom stereocenters. The third-order valence-corrected chi connectivity index (χ3v) is 7.30. The summed E-state index contributed by atoms with van der Waals surface area (Å²) in [5.74, 6) is -2.49. The largest absolute Gasteiger partial charge is 0.370 e. The van der Waals surface area contributed by atoms with Gasteiger partial charge in [0.25, 0.3) is 5.91 Å². The molecule has 13 heteroatoms. The van der Waals surface area contributed by atoms with E-state index in [4.69, 9.17) is 11.1 Å². The van der Waals surface area contributed by atoms with E-state index in [2.05, 4.69) is 31.9 Å². The van der Waals surface area contributed by atoms with Gasteiger partial charge in [0.2, 0.25) is 11.8 Å². The summed E-state index contributed by atoms with van der Waals surface area (Å²) < 4.78 is 13.9. The van der Waals surface area contributed by atoms with Gasteiger partial charge in [0.05, 0.1) is 14.7 Å². The van der Waals surface area contributed by atoms with Gasteiger partial charge in [0, 0.05) is 13.1 Å². The number of halogens is 2. The molecule has 1 aromatic rings. The van der Waals surface area contributed by atoms with Crippen LogP contribution < -0.4 is 21.7 Å². The van der Waals surface area contributed by atoms with E-state index in [1.165, 1.54) is 16.2 Å². The van der Waals surface area contributed by atoms with Crippen LogP contribution in [0.15, 0.2) is 15.9 Å². The standard InChI is InChI=1S/C22H32BrFN6O4S/c1-12(2)18(29-20(33)16-7-8-17(23)35-16)21(34)30-10-4-6-14(30)19(32)28-13(15(31)11-24)5-3-9-27-22(25)26/h7-8,12-14,18H,3-6,9-11H2,1-2H3,(H,28,32)(H,29,33)(H4,25,26,27)/t13?,14-,18?/m0/s1. The van der Waals surface area contributed by atoms with Crippen molar-refractivity contribution in [2.75, 3.05) is 19.8 Å². The highest BCUT2D eigenvalue weighted by Crippen LogP contribution is 2.24. The molecule has 10 nitrogen and oxygen atoms in total. The van der Waals surface area contributed by atoms with Gasteiger partial charge in [0.15, 0.2) is 11.7 Å². The van der Waals surface area contributed by atoms with Crippen LogP contribution in [0.2, 0.25) is 0 Å². The number of ketones is 1. The molecule has 2 rings (SSSR count). The van der Waals surface area contributed by atoms with Crippen LogP contribution in [0.25, 0.3) is 0 Å². The first-order valence-electron chi connectivity index (χ1n) is 11.4. The highest BCUT2D eigenvalue weighted by molar-refractivity contribution is 9.11. The van der Waals surface area contributed by atoms with E-state index in [0.717, 1.165) is 3.79 Å². The number of carbonyl (C=O) groups excluding carboxylic acids is 4. The van der Waals surface area contributed by atoms with Gasteiger partial charge in [0.1, 0.15) is 18.8 Å². The molecule has 0 radical (unpaired) electrons. The van der Waals surface area contributed by atoms with Crippen LogP contribution in [0.5, 0.6) is 0 Å². The number of alkyl halides is 1. The van der Waals surface area contributed by atoms with Crippen LogP contribution in [0.1, 0.15) is 49.2 Å². The number of guanidine groups is 1. The van der Waals surface area contributed by atoms with Crippen molar-refractivity contribution in [2.24, 2.45) is 11.7 Å². The Morgan fingerprint density at radius 1 is 1.29 bits per heavy atom. The van der Waals surface area contributed by atoms with E-state index >= 15 is 0 Å². The van der Waals surface area contributed by atoms with E-state index in [-0.39, 0.29) is 30.1 Å². The fourth-order valence-electron chi connectivity index (χ4n) is 3.85. The van der Waals surface area contributed by atoms with Crippen LogP contribution in [-0.2, 0) is 14.4 Å². The lowest BCUT2D eigenvalue weighted by atomic mass is 10.0. The van der Waals surface area contributed by atoms with Crippen LogP contribution in [0.3, 0.4) is 0 Å². The number of hydrogen-bond acceptors (Lipinski definition) is 6. The molecule has 1 fully saturated rings. The first-order chi connectivity index (χ1) is 16.5. The minimum Gasteiger partial charge on any atom is -0.370 e. The van der Waals surface area contributed by atoms with Crippen LogP contribution in [0, 0.1) is 11.3 Å². The second-order valence-corrected chi connectivity index (χ2v) is 11.1. The normalized spacial score (nSPS) is 17.1. The Morgan fingerprint density at radius 2 is 2.00 bits per heavy atom. The highest BCUT2D eigenvalue weighted by Gasteiger charge is 2.39. The van der Waals surface area contributed by atoms with Gasteiger partial charge in [-0.05, 0) is 59.7 Å². The smallest absolute Gasteiger partial charge is 0.262 e. The Morgan fingerprint density at radius 3 is 2.57 bits per heavy atom. The summed E-state index contributed by atoms with van der Waals surface area (Å²) in [6, 6.07) is 0.709. The molecule has 6 N–H and O–H groups in total. The van der Waals surface area contributed by atoms with Crippen molar-refractivity contribution in [2.45, 2.75) is 57.7 Å². The lowest BCUT2D eigenvalue weighted by Gasteiger charge is -2.31. The van der Waals surface area contributed by atoms with Crippen molar-refractivity contribution in [3.63, 3.8) is 0 Å². The summed E-state index contributed by atoms with van der Waals surface area (Å²) in [6.45, 7) is 3.03. The summed E-state index contributed by atoms with van der Waals surface area (Å²) in [7, 11) is 0. The number of nitrogens with zero attached hydrogens (tertiary/aromatic N) is 1. The average molecular weight is 576 g/mol. The second-order valence-electron chi connectivity index (χ2n) is 8.63. The van der Waals surface area contributed by atoms with E-state index < -0.39 is 36.5 Å². The Labute approximate surface area is 216 Å². The molecule has 194 valence electrons. The van der Waals surface area contributed by atoms with E-state index in [9.17, 15) is 23.6 Å². The first kappa shape index (κ1) is 28.7. The zero-order valence-corrected chi connectivity index (χ0v) is 22.1. The van der Waals surface area contributed by atoms with Crippen molar-refractivity contribution < 1.29 is 23.6 Å². The number of carbonyl (C=O) groups is 4. The molecule has 0 bridgehead atoms. The number of likely N-dealkylation sites (tertiary alicyclic amines) is 1. The topological polar surface area (TPSA) is 157 Å². The molecule has 1 saturated heterocycles. The molecule has 3 amide bonds. The Balaban J connectivity index is 2.07. The Hall–Kier alpha value is -2.54. The molecule has 0 spiro atoms. The van der Waals surface area contributed by atoms with Crippen LogP contribution >= 0.6 is 27.3 Å². The SMILES string of the molecule is CC(C)C(NC(=O)c1ccc(Br)s1)C(=O)N1CCC[C@H]1C(=O)NC(CCCNC(=N)N)C(=O)CF. The minimum atomic E-state index is -1.22. The van der Waals surface area contributed by atoms with Gasteiger partial charge in [-0.15, -0.1) is 11.3 Å². The maximum atomic E-state index is 13.4. The molecule has 1 aliphatic rings. The predicted molar refractivity (Wildman–Crippen MR) is 135 cm³/mol. The number of rotatable bonds is 12. The maximum absolute atomic E-state index is 13.4. The van der Waals surface area contributed by atoms with Gasteiger partial charge in [-0.3, -0.25) is 24.6 Å². The van der Waals surface area contributed by atoms with Crippen molar-refractivity contribution in [1.82, 2.24) is 20.9 Å². The van der Waals surface area contributed by atoms with Crippen molar-refractivity contribution >= 4 is 56.7 Å². The lowest BCUT2D eigenvalue weighted by molar-refractivity contribution is -0.141. The lowest BCUT2D eigenvalue weighted by Crippen LogP contribution is -2.56. The Bertz CT molecular complexity index is 943. The summed E-state index contributed by atoms with van der Waals surface area (Å²) in [6.07, 6.45) is 1.53. The fraction of sp³-hybridized carbons (Fsp3) is 0.591. The third-order valence-electron chi connectivity index (χ3n) is 5.68. The quantitative estimate of drug-likeness (QED) is 0.145. The van der Waals surface area contributed by atoms with Crippen LogP contribution in [0.4, 0.5) is 4.39 Å². The summed E-state index contributed by atoms with van der Waals surface area (Å²) in [4.78, 5) is 53.0. The van der Waals surface area contributed by atoms with Gasteiger partial charge >= 0.3 is 0 Å². The predicted octanol–water partition coefficient (Wildman–Crippen LogP) is 1.54. The van der Waals surface area contributed by atoms with E-state index in [1.807, 2.05) is 13.8 Å². The molecule has 2 heterocycles. The molecule has 0 aliphatic carbocycles. The number of Topliss-reactive ketones (excluding diaryl/α,β-unsaturated/α-hetero) is 1. The monoisotopic (exact) mass is 574 g/mol. The molecule has 2 unspecified atom stereocenters. The second kappa shape index (κ2) is 13.5. The van der Waals surface area contributed by atoms with E-state index in [0.29, 0.717) is 37.2 Å². The number of nitrogens with one attached hydrogen (secondary N) is 4. The van der Waals surface area contributed by atoms with Crippen LogP contribution in [-0.4, -0.2) is 72.3 Å². The highest BCUT2D eigenvalue weighted by atomic mass is 79.9. The zero-order valence-electron chi connectivity index (χ0n) is 19.7. The number of nitrogens with two attached hydrogens (primary N) is 1. The summed E-state index contributed by atoms with van der Waals surface area (Å²) in [5, 5.41) is 15.1. The average Bonchev–Trinajstić information content (AvgIpc) is 3.47. The fourth-order valence-corrected chi connectivity index (χ4v) is 5.14. The zero-order chi connectivity index (χ0) is 26.1. The van der Waals surface area contributed by atoms with Gasteiger partial charge in [-0.2, -0.15) is 0 Å². The summed E-state index contributed by atoms with van der Waals surface area (Å²) >= 11 is 4.57. The molecule has 0 saturated carbocycles. The third kappa shape index (κ3) is 8.27. The minimum absolute atomic E-state index is 0.163. The molecule has 1 aromatic heterocycles. The van der Waals surface area contributed by atoms with Crippen molar-refractivity contribution in [1.29, 1.82) is 5.41 Å². The van der Waals surface area contributed by atoms with E-state index in [1.54, 1.807) is 12.1 Å². The molecule has 0 aromatic carbocycles. The van der Waals surface area contributed by atoms with Gasteiger partial charge < -0.3 is 26.6 Å². The maximum Gasteiger partial charge on any atom is 0.262 e. The molecular weight excluding hydrogens is 543 g/mol. The number of thiophene rings is 1. The number of amides is 3. The van der Waals surface area contributed by atoms with Gasteiger partial charge in [-0.1, -0.05) is 13.8 Å². The van der Waals surface area contributed by atoms with Crippen molar-refractivity contribution in [3.8, 4) is 0 Å². The first-order valence-corrected chi connectivity index (χ1v) is 13.0. The van der Waals surface area contributed by atoms with Crippen molar-refractivity contribution in [3.05, 3.63) is 20.8 Å². The molecular formula is C22H32BrFN6O4S. The van der Waals surface area contributed by atoms with Gasteiger partial charge in [-0.25, -0.2) is 4.39 Å². The summed E-state index contributed by atoms with van der Waals surface area (Å²) in [5.41, 5.74) is 5.22. The molecule has 35 heavy (non-hydrogen) atoms.